The highest BCUT2D eigenvalue weighted by Gasteiger charge is 2.30. The number of fused-ring (bicyclic) bond motifs is 1. The molecule has 0 aromatic carbocycles. The number of hydrogen-bond donors (Lipinski definition) is 1. The van der Waals surface area contributed by atoms with Gasteiger partial charge in [-0.15, -0.1) is 5.10 Å². The van der Waals surface area contributed by atoms with Gasteiger partial charge < -0.3 is 10.2 Å². The van der Waals surface area contributed by atoms with Gasteiger partial charge in [0.15, 0.2) is 0 Å². The molecular weight excluding hydrogens is 262 g/mol. The molecule has 21 heavy (non-hydrogen) atoms. The Morgan fingerprint density at radius 3 is 2.90 bits per heavy atom. The number of likely N-dealkylation sites (tertiary alicyclic amines) is 1. The van der Waals surface area contributed by atoms with Gasteiger partial charge in [-0.2, -0.15) is 0 Å². The topological polar surface area (TPSA) is 46.0 Å². The van der Waals surface area contributed by atoms with Gasteiger partial charge in [-0.05, 0) is 37.8 Å². The number of hydrogen-bond acceptors (Lipinski definition) is 4. The fourth-order valence-electron chi connectivity index (χ4n) is 3.91. The second-order valence-electron chi connectivity index (χ2n) is 6.65. The molecule has 2 atom stereocenters. The molecule has 5 nitrogen and oxygen atoms in total. The van der Waals surface area contributed by atoms with Crippen molar-refractivity contribution in [3.8, 4) is 0 Å². The number of aromatic nitrogens is 3. The van der Waals surface area contributed by atoms with E-state index < -0.39 is 0 Å². The van der Waals surface area contributed by atoms with Crippen molar-refractivity contribution in [3.05, 3.63) is 11.9 Å². The lowest BCUT2D eigenvalue weighted by Gasteiger charge is -2.41. The van der Waals surface area contributed by atoms with E-state index in [2.05, 4.69) is 33.6 Å². The van der Waals surface area contributed by atoms with Gasteiger partial charge in [0.05, 0.1) is 12.2 Å². The maximum atomic E-state index is 4.23. The largest absolute Gasteiger partial charge is 0.311 e. The van der Waals surface area contributed by atoms with E-state index in [0.29, 0.717) is 0 Å². The van der Waals surface area contributed by atoms with Crippen molar-refractivity contribution in [1.82, 2.24) is 25.2 Å². The minimum atomic E-state index is 0.823. The van der Waals surface area contributed by atoms with E-state index in [0.717, 1.165) is 43.7 Å². The molecule has 1 saturated heterocycles. The Balaban J connectivity index is 1.43. The third-order valence-corrected chi connectivity index (χ3v) is 5.16. The van der Waals surface area contributed by atoms with Crippen LogP contribution in [0.1, 0.15) is 44.7 Å². The molecule has 0 bridgehead atoms. The van der Waals surface area contributed by atoms with Gasteiger partial charge in [-0.25, -0.2) is 0 Å². The fraction of sp³-hybridized carbons (Fsp3) is 0.875. The Kier molecular flexibility index (Phi) is 5.25. The smallest absolute Gasteiger partial charge is 0.0964 e. The third-order valence-electron chi connectivity index (χ3n) is 5.16. The molecule has 0 amide bonds. The van der Waals surface area contributed by atoms with Gasteiger partial charge in [0, 0.05) is 25.8 Å². The van der Waals surface area contributed by atoms with Crippen LogP contribution in [-0.4, -0.2) is 46.1 Å². The maximum Gasteiger partial charge on any atom is 0.0964 e. The lowest BCUT2D eigenvalue weighted by molar-refractivity contribution is 0.0837. The average Bonchev–Trinajstić information content (AvgIpc) is 2.98. The average molecular weight is 291 g/mol. The minimum absolute atomic E-state index is 0.823. The van der Waals surface area contributed by atoms with Crippen molar-refractivity contribution in [2.45, 2.75) is 52.1 Å². The van der Waals surface area contributed by atoms with Gasteiger partial charge >= 0.3 is 0 Å². The SMILES string of the molecule is CCNCc1cn(CCN2CCC3CCCCC3C2)nn1. The molecule has 2 heterocycles. The van der Waals surface area contributed by atoms with Crippen molar-refractivity contribution < 1.29 is 0 Å². The second-order valence-corrected chi connectivity index (χ2v) is 6.65. The van der Waals surface area contributed by atoms with Crippen LogP contribution in [0.2, 0.25) is 0 Å². The Labute approximate surface area is 128 Å². The van der Waals surface area contributed by atoms with E-state index >= 15 is 0 Å². The monoisotopic (exact) mass is 291 g/mol. The molecule has 118 valence electrons. The molecule has 2 fully saturated rings. The first-order valence-corrected chi connectivity index (χ1v) is 8.67. The molecule has 1 aliphatic heterocycles. The quantitative estimate of drug-likeness (QED) is 0.869. The zero-order chi connectivity index (χ0) is 14.5. The number of nitrogens with zero attached hydrogens (tertiary/aromatic N) is 4. The zero-order valence-corrected chi connectivity index (χ0v) is 13.3. The predicted molar refractivity (Wildman–Crippen MR) is 83.9 cm³/mol. The van der Waals surface area contributed by atoms with Crippen molar-refractivity contribution in [1.29, 1.82) is 0 Å². The van der Waals surface area contributed by atoms with Crippen molar-refractivity contribution in [2.24, 2.45) is 11.8 Å². The van der Waals surface area contributed by atoms with E-state index in [1.165, 1.54) is 45.2 Å². The molecule has 0 spiro atoms. The van der Waals surface area contributed by atoms with Crippen LogP contribution in [0.5, 0.6) is 0 Å². The lowest BCUT2D eigenvalue weighted by atomic mass is 9.75. The molecule has 1 saturated carbocycles. The Morgan fingerprint density at radius 1 is 1.19 bits per heavy atom. The summed E-state index contributed by atoms with van der Waals surface area (Å²) in [6.07, 6.45) is 9.34. The zero-order valence-electron chi connectivity index (χ0n) is 13.3. The third kappa shape index (κ3) is 4.04. The molecule has 5 heteroatoms. The summed E-state index contributed by atoms with van der Waals surface area (Å²) in [6, 6.07) is 0. The molecule has 1 aromatic heterocycles. The summed E-state index contributed by atoms with van der Waals surface area (Å²) in [4.78, 5) is 2.64. The standard InChI is InChI=1S/C16H29N5/c1-2-17-11-16-13-21(19-18-16)10-9-20-8-7-14-5-3-4-6-15(14)12-20/h13-15,17H,2-12H2,1H3. The van der Waals surface area contributed by atoms with Crippen molar-refractivity contribution in [3.63, 3.8) is 0 Å². The fourth-order valence-corrected chi connectivity index (χ4v) is 3.91. The molecule has 2 unspecified atom stereocenters. The van der Waals surface area contributed by atoms with E-state index in [9.17, 15) is 0 Å². The van der Waals surface area contributed by atoms with Gasteiger partial charge in [0.25, 0.3) is 0 Å². The van der Waals surface area contributed by atoms with Gasteiger partial charge in [0.2, 0.25) is 0 Å². The van der Waals surface area contributed by atoms with E-state index in [-0.39, 0.29) is 0 Å². The van der Waals surface area contributed by atoms with Crippen molar-refractivity contribution in [2.75, 3.05) is 26.2 Å². The summed E-state index contributed by atoms with van der Waals surface area (Å²) in [5, 5.41) is 11.7. The van der Waals surface area contributed by atoms with Crippen molar-refractivity contribution >= 4 is 0 Å². The first-order valence-electron chi connectivity index (χ1n) is 8.67. The number of nitrogens with one attached hydrogen (secondary N) is 1. The summed E-state index contributed by atoms with van der Waals surface area (Å²) in [5.74, 6) is 1.99. The van der Waals surface area contributed by atoms with Crippen LogP contribution in [0, 0.1) is 11.8 Å². The molecular formula is C16H29N5. The molecule has 1 aliphatic carbocycles. The summed E-state index contributed by atoms with van der Waals surface area (Å²) >= 11 is 0. The van der Waals surface area contributed by atoms with Crippen LogP contribution >= 0.6 is 0 Å². The highest BCUT2D eigenvalue weighted by atomic mass is 15.4. The van der Waals surface area contributed by atoms with Gasteiger partial charge in [-0.1, -0.05) is 31.4 Å². The van der Waals surface area contributed by atoms with Crippen LogP contribution in [0.3, 0.4) is 0 Å². The first-order chi connectivity index (χ1) is 10.3. The summed E-state index contributed by atoms with van der Waals surface area (Å²) < 4.78 is 2.00. The molecule has 1 aromatic rings. The number of rotatable bonds is 6. The van der Waals surface area contributed by atoms with Crippen LogP contribution in [-0.2, 0) is 13.1 Å². The predicted octanol–water partition coefficient (Wildman–Crippen LogP) is 1.90. The molecule has 1 N–H and O–H groups in total. The lowest BCUT2D eigenvalue weighted by Crippen LogP contribution is -2.42. The van der Waals surface area contributed by atoms with Crippen LogP contribution in [0.25, 0.3) is 0 Å². The summed E-state index contributed by atoms with van der Waals surface area (Å²) in [5.41, 5.74) is 1.04. The Bertz CT molecular complexity index is 430. The Hall–Kier alpha value is -0.940. The normalized spacial score (nSPS) is 26.7. The summed E-state index contributed by atoms with van der Waals surface area (Å²) in [6.45, 7) is 8.58. The molecule has 3 rings (SSSR count). The Morgan fingerprint density at radius 2 is 2.05 bits per heavy atom. The molecule has 2 aliphatic rings. The second kappa shape index (κ2) is 7.36. The van der Waals surface area contributed by atoms with Crippen LogP contribution in [0.4, 0.5) is 0 Å². The maximum absolute atomic E-state index is 4.23. The highest BCUT2D eigenvalue weighted by Crippen LogP contribution is 2.35. The number of piperidine rings is 1. The van der Waals surface area contributed by atoms with Gasteiger partial charge in [0.1, 0.15) is 0 Å². The van der Waals surface area contributed by atoms with Crippen LogP contribution in [0.15, 0.2) is 6.20 Å². The van der Waals surface area contributed by atoms with E-state index in [4.69, 9.17) is 0 Å². The molecule has 0 radical (unpaired) electrons. The summed E-state index contributed by atoms with van der Waals surface area (Å²) in [7, 11) is 0. The van der Waals surface area contributed by atoms with E-state index in [1.54, 1.807) is 0 Å². The van der Waals surface area contributed by atoms with E-state index in [1.807, 2.05) is 4.68 Å². The minimum Gasteiger partial charge on any atom is -0.311 e. The highest BCUT2D eigenvalue weighted by molar-refractivity contribution is 4.91. The van der Waals surface area contributed by atoms with Crippen LogP contribution < -0.4 is 5.32 Å². The first kappa shape index (κ1) is 15.0. The van der Waals surface area contributed by atoms with Gasteiger partial charge in [-0.3, -0.25) is 4.68 Å².